The number of carbonyl (C=O) groups excluding carboxylic acids is 2. The quantitative estimate of drug-likeness (QED) is 0.687. The molecule has 1 heterocycles. The predicted molar refractivity (Wildman–Crippen MR) is 121 cm³/mol. The Labute approximate surface area is 183 Å². The average Bonchev–Trinajstić information content (AvgIpc) is 2.94. The lowest BCUT2D eigenvalue weighted by Gasteiger charge is -2.20. The highest BCUT2D eigenvalue weighted by molar-refractivity contribution is 7.92. The second-order valence-corrected chi connectivity index (χ2v) is 9.55. The van der Waals surface area contributed by atoms with Crippen LogP contribution in [0.2, 0.25) is 0 Å². The van der Waals surface area contributed by atoms with E-state index in [9.17, 15) is 18.0 Å². The van der Waals surface area contributed by atoms with Gasteiger partial charge in [-0.2, -0.15) is 0 Å². The van der Waals surface area contributed by atoms with Gasteiger partial charge in [0.15, 0.2) is 0 Å². The van der Waals surface area contributed by atoms with E-state index in [-0.39, 0.29) is 16.7 Å². The van der Waals surface area contributed by atoms with Crippen molar-refractivity contribution >= 4 is 27.5 Å². The Morgan fingerprint density at radius 3 is 2.52 bits per heavy atom. The van der Waals surface area contributed by atoms with Crippen LogP contribution in [0.1, 0.15) is 47.2 Å². The lowest BCUT2D eigenvalue weighted by molar-refractivity contribution is -0.130. The third kappa shape index (κ3) is 6.07. The summed E-state index contributed by atoms with van der Waals surface area (Å²) in [4.78, 5) is 26.4. The van der Waals surface area contributed by atoms with Crippen LogP contribution in [0, 0.1) is 13.8 Å². The first kappa shape index (κ1) is 22.8. The molecule has 0 atom stereocenters. The van der Waals surface area contributed by atoms with Gasteiger partial charge in [0.25, 0.3) is 15.9 Å². The lowest BCUT2D eigenvalue weighted by atomic mass is 10.2. The van der Waals surface area contributed by atoms with Gasteiger partial charge in [0.2, 0.25) is 5.91 Å². The number of anilines is 1. The third-order valence-electron chi connectivity index (χ3n) is 5.37. The van der Waals surface area contributed by atoms with Crippen molar-refractivity contribution in [1.82, 2.24) is 10.2 Å². The number of aryl methyl sites for hydroxylation is 2. The molecule has 166 valence electrons. The average molecular weight is 444 g/mol. The van der Waals surface area contributed by atoms with E-state index in [1.54, 1.807) is 48.2 Å². The van der Waals surface area contributed by atoms with Gasteiger partial charge in [-0.25, -0.2) is 8.42 Å². The highest BCUT2D eigenvalue weighted by atomic mass is 32.2. The van der Waals surface area contributed by atoms with Crippen LogP contribution in [-0.2, 0) is 14.8 Å². The van der Waals surface area contributed by atoms with E-state index in [2.05, 4.69) is 10.0 Å². The summed E-state index contributed by atoms with van der Waals surface area (Å²) in [6.07, 6.45) is 3.57. The standard InChI is InChI=1S/C23H29N3O4S/c1-17-7-8-18(2)21(16-17)31(29,30)25-20-11-9-19(10-12-20)23(28)24-13-15-26-14-5-3-4-6-22(26)27/h7-12,16,25H,3-6,13-15H2,1-2H3,(H,24,28). The summed E-state index contributed by atoms with van der Waals surface area (Å²) in [6, 6.07) is 11.6. The Morgan fingerprint density at radius 2 is 1.77 bits per heavy atom. The van der Waals surface area contributed by atoms with Crippen molar-refractivity contribution in [3.05, 3.63) is 59.2 Å². The zero-order valence-electron chi connectivity index (χ0n) is 18.0. The maximum Gasteiger partial charge on any atom is 0.262 e. The summed E-state index contributed by atoms with van der Waals surface area (Å²) in [7, 11) is -3.72. The fourth-order valence-electron chi connectivity index (χ4n) is 3.58. The van der Waals surface area contributed by atoms with Gasteiger partial charge in [0, 0.05) is 37.3 Å². The van der Waals surface area contributed by atoms with Crippen molar-refractivity contribution in [1.29, 1.82) is 0 Å². The van der Waals surface area contributed by atoms with Crippen LogP contribution < -0.4 is 10.0 Å². The molecule has 31 heavy (non-hydrogen) atoms. The van der Waals surface area contributed by atoms with E-state index in [4.69, 9.17) is 0 Å². The Hall–Kier alpha value is -2.87. The summed E-state index contributed by atoms with van der Waals surface area (Å²) in [5.74, 6) is -0.113. The minimum Gasteiger partial charge on any atom is -0.350 e. The number of rotatable bonds is 7. The number of sulfonamides is 1. The number of carbonyl (C=O) groups is 2. The van der Waals surface area contributed by atoms with Crippen LogP contribution >= 0.6 is 0 Å². The van der Waals surface area contributed by atoms with Crippen molar-refractivity contribution in [3.63, 3.8) is 0 Å². The molecule has 2 aromatic carbocycles. The van der Waals surface area contributed by atoms with Gasteiger partial charge in [-0.3, -0.25) is 14.3 Å². The highest BCUT2D eigenvalue weighted by Gasteiger charge is 2.18. The second-order valence-electron chi connectivity index (χ2n) is 7.90. The van der Waals surface area contributed by atoms with Crippen LogP contribution in [0.4, 0.5) is 5.69 Å². The van der Waals surface area contributed by atoms with E-state index >= 15 is 0 Å². The van der Waals surface area contributed by atoms with Crippen molar-refractivity contribution in [2.75, 3.05) is 24.4 Å². The van der Waals surface area contributed by atoms with Gasteiger partial charge >= 0.3 is 0 Å². The molecule has 2 aromatic rings. The van der Waals surface area contributed by atoms with E-state index in [0.717, 1.165) is 31.4 Å². The molecule has 7 nitrogen and oxygen atoms in total. The molecular formula is C23H29N3O4S. The third-order valence-corrected chi connectivity index (χ3v) is 6.89. The summed E-state index contributed by atoms with van der Waals surface area (Å²) in [5.41, 5.74) is 2.33. The monoisotopic (exact) mass is 443 g/mol. The van der Waals surface area contributed by atoms with Crippen LogP contribution in [0.5, 0.6) is 0 Å². The number of hydrogen-bond acceptors (Lipinski definition) is 4. The van der Waals surface area contributed by atoms with Gasteiger partial charge in [0.05, 0.1) is 4.90 Å². The van der Waals surface area contributed by atoms with E-state index in [1.807, 2.05) is 13.0 Å². The lowest BCUT2D eigenvalue weighted by Crippen LogP contribution is -2.38. The van der Waals surface area contributed by atoms with Crippen molar-refractivity contribution in [2.24, 2.45) is 0 Å². The molecule has 1 saturated heterocycles. The van der Waals surface area contributed by atoms with Crippen molar-refractivity contribution in [2.45, 2.75) is 44.4 Å². The van der Waals surface area contributed by atoms with Gasteiger partial charge < -0.3 is 10.2 Å². The SMILES string of the molecule is Cc1ccc(C)c(S(=O)(=O)Nc2ccc(C(=O)NCCN3CCCCCC3=O)cc2)c1. The van der Waals surface area contributed by atoms with Crippen LogP contribution in [0.25, 0.3) is 0 Å². The molecule has 1 aliphatic heterocycles. The molecule has 0 spiro atoms. The normalized spacial score (nSPS) is 14.8. The van der Waals surface area contributed by atoms with Crippen molar-refractivity contribution in [3.8, 4) is 0 Å². The molecule has 2 N–H and O–H groups in total. The van der Waals surface area contributed by atoms with Gasteiger partial charge in [-0.1, -0.05) is 18.6 Å². The van der Waals surface area contributed by atoms with Gasteiger partial charge in [0.1, 0.15) is 0 Å². The zero-order chi connectivity index (χ0) is 22.4. The van der Waals surface area contributed by atoms with Gasteiger partial charge in [-0.05, 0) is 68.1 Å². The molecule has 0 bridgehead atoms. The first-order valence-electron chi connectivity index (χ1n) is 10.5. The molecule has 8 heteroatoms. The molecule has 0 saturated carbocycles. The summed E-state index contributed by atoms with van der Waals surface area (Å²) >= 11 is 0. The van der Waals surface area contributed by atoms with Crippen LogP contribution in [0.15, 0.2) is 47.4 Å². The molecule has 2 amide bonds. The number of nitrogens with one attached hydrogen (secondary N) is 2. The first-order chi connectivity index (χ1) is 14.8. The fraction of sp³-hybridized carbons (Fsp3) is 0.391. The first-order valence-corrected chi connectivity index (χ1v) is 12.0. The molecule has 0 aromatic heterocycles. The molecule has 1 aliphatic rings. The minimum atomic E-state index is -3.72. The summed E-state index contributed by atoms with van der Waals surface area (Å²) in [5, 5.41) is 2.82. The second kappa shape index (κ2) is 9.96. The zero-order valence-corrected chi connectivity index (χ0v) is 18.8. The van der Waals surface area contributed by atoms with Gasteiger partial charge in [-0.15, -0.1) is 0 Å². The number of amides is 2. The van der Waals surface area contributed by atoms with E-state index < -0.39 is 10.0 Å². The highest BCUT2D eigenvalue weighted by Crippen LogP contribution is 2.21. The maximum absolute atomic E-state index is 12.7. The molecule has 0 aliphatic carbocycles. The van der Waals surface area contributed by atoms with Crippen LogP contribution in [-0.4, -0.2) is 44.8 Å². The molecule has 1 fully saturated rings. The molecule has 0 radical (unpaired) electrons. The fourth-order valence-corrected chi connectivity index (χ4v) is 4.97. The predicted octanol–water partition coefficient (Wildman–Crippen LogP) is 3.24. The Bertz CT molecular complexity index is 1050. The summed E-state index contributed by atoms with van der Waals surface area (Å²) in [6.45, 7) is 5.21. The number of nitrogens with zero attached hydrogens (tertiary/aromatic N) is 1. The Kier molecular flexibility index (Phi) is 7.33. The van der Waals surface area contributed by atoms with Crippen molar-refractivity contribution < 1.29 is 18.0 Å². The number of benzene rings is 2. The smallest absolute Gasteiger partial charge is 0.262 e. The van der Waals surface area contributed by atoms with Crippen LogP contribution in [0.3, 0.4) is 0 Å². The Morgan fingerprint density at radius 1 is 1.03 bits per heavy atom. The summed E-state index contributed by atoms with van der Waals surface area (Å²) < 4.78 is 28.0. The molecule has 0 unspecified atom stereocenters. The molecule has 3 rings (SSSR count). The topological polar surface area (TPSA) is 95.6 Å². The number of likely N-dealkylation sites (tertiary alicyclic amines) is 1. The maximum atomic E-state index is 12.7. The molecular weight excluding hydrogens is 414 g/mol. The van der Waals surface area contributed by atoms with E-state index in [1.165, 1.54) is 0 Å². The van der Waals surface area contributed by atoms with E-state index in [0.29, 0.717) is 36.3 Å². The largest absolute Gasteiger partial charge is 0.350 e. The number of hydrogen-bond donors (Lipinski definition) is 2. The Balaban J connectivity index is 1.57. The minimum absolute atomic E-state index is 0.146.